The number of likely N-dealkylation sites (N-methyl/N-ethyl adjacent to an activating group) is 1. The second kappa shape index (κ2) is 6.92. The Morgan fingerprint density at radius 1 is 1.36 bits per heavy atom. The molecule has 136 valence electrons. The molecule has 1 N–H and O–H groups in total. The van der Waals surface area contributed by atoms with Crippen molar-refractivity contribution in [3.05, 3.63) is 29.8 Å². The van der Waals surface area contributed by atoms with Crippen LogP contribution >= 0.6 is 0 Å². The molecule has 2 saturated heterocycles. The summed E-state index contributed by atoms with van der Waals surface area (Å²) in [6.45, 7) is 3.30. The molecule has 1 spiro atoms. The summed E-state index contributed by atoms with van der Waals surface area (Å²) in [6.07, 6.45) is -0.352. The minimum Gasteiger partial charge on any atom is -0.490 e. The van der Waals surface area contributed by atoms with Gasteiger partial charge in [0.2, 0.25) is 0 Å². The van der Waals surface area contributed by atoms with E-state index in [-0.39, 0.29) is 18.6 Å². The molecule has 1 aromatic carbocycles. The standard InChI is InChI=1S/C18H24N2O5/c1-13-5-3-4-6-15(13)24-11-14(21)16(22)20-9-7-18(8-10-20)12-19(2)17(23)25-18/h3-6,14,21H,7-12H2,1-2H3/t14-/m0/s1. The van der Waals surface area contributed by atoms with E-state index >= 15 is 0 Å². The number of nitrogens with zero attached hydrogens (tertiary/aromatic N) is 2. The number of amides is 2. The van der Waals surface area contributed by atoms with Crippen LogP contribution in [-0.4, -0.2) is 71.9 Å². The molecular weight excluding hydrogens is 324 g/mol. The Labute approximate surface area is 147 Å². The van der Waals surface area contributed by atoms with Gasteiger partial charge >= 0.3 is 6.09 Å². The number of aliphatic hydroxyl groups is 1. The van der Waals surface area contributed by atoms with E-state index in [0.717, 1.165) is 5.56 Å². The molecule has 3 rings (SSSR count). The minimum absolute atomic E-state index is 0.0803. The number of para-hydroxylation sites is 1. The molecule has 0 radical (unpaired) electrons. The number of carbonyl (C=O) groups is 2. The molecule has 7 heteroatoms. The summed E-state index contributed by atoms with van der Waals surface area (Å²) in [5, 5.41) is 10.2. The summed E-state index contributed by atoms with van der Waals surface area (Å²) in [5.41, 5.74) is 0.458. The Kier molecular flexibility index (Phi) is 4.85. The number of hydrogen-bond acceptors (Lipinski definition) is 5. The molecule has 1 atom stereocenters. The number of piperidine rings is 1. The maximum absolute atomic E-state index is 12.4. The largest absolute Gasteiger partial charge is 0.490 e. The van der Waals surface area contributed by atoms with Crippen molar-refractivity contribution in [3.63, 3.8) is 0 Å². The third kappa shape index (κ3) is 3.71. The normalized spacial score (nSPS) is 20.5. The monoisotopic (exact) mass is 348 g/mol. The van der Waals surface area contributed by atoms with E-state index in [1.54, 1.807) is 16.8 Å². The molecule has 2 amide bonds. The fourth-order valence-electron chi connectivity index (χ4n) is 3.36. The van der Waals surface area contributed by atoms with E-state index in [9.17, 15) is 14.7 Å². The molecule has 0 aliphatic carbocycles. The zero-order chi connectivity index (χ0) is 18.0. The van der Waals surface area contributed by atoms with Gasteiger partial charge in [-0.15, -0.1) is 0 Å². The van der Waals surface area contributed by atoms with E-state index in [1.165, 1.54) is 0 Å². The van der Waals surface area contributed by atoms with Crippen molar-refractivity contribution >= 4 is 12.0 Å². The Morgan fingerprint density at radius 2 is 2.04 bits per heavy atom. The van der Waals surface area contributed by atoms with Crippen molar-refractivity contribution in [1.29, 1.82) is 0 Å². The number of carbonyl (C=O) groups excluding carboxylic acids is 2. The number of aryl methyl sites for hydroxylation is 1. The van der Waals surface area contributed by atoms with Gasteiger partial charge in [-0.1, -0.05) is 18.2 Å². The number of benzene rings is 1. The van der Waals surface area contributed by atoms with Crippen molar-refractivity contribution in [3.8, 4) is 5.75 Å². The van der Waals surface area contributed by atoms with Crippen LogP contribution in [0.5, 0.6) is 5.75 Å². The molecule has 2 aliphatic rings. The van der Waals surface area contributed by atoms with Gasteiger partial charge in [-0.05, 0) is 18.6 Å². The van der Waals surface area contributed by atoms with Gasteiger partial charge in [0.25, 0.3) is 5.91 Å². The summed E-state index contributed by atoms with van der Waals surface area (Å²) >= 11 is 0. The molecule has 0 unspecified atom stereocenters. The van der Waals surface area contributed by atoms with Gasteiger partial charge in [-0.3, -0.25) is 4.79 Å². The number of aliphatic hydroxyl groups excluding tert-OH is 1. The van der Waals surface area contributed by atoms with Gasteiger partial charge in [-0.25, -0.2) is 4.79 Å². The van der Waals surface area contributed by atoms with E-state index in [1.807, 2.05) is 31.2 Å². The number of likely N-dealkylation sites (tertiary alicyclic amines) is 1. The predicted octanol–water partition coefficient (Wildman–Crippen LogP) is 1.18. The van der Waals surface area contributed by atoms with Crippen LogP contribution in [-0.2, 0) is 9.53 Å². The molecule has 2 heterocycles. The van der Waals surface area contributed by atoms with Crippen molar-refractivity contribution in [1.82, 2.24) is 9.80 Å². The first kappa shape index (κ1) is 17.5. The van der Waals surface area contributed by atoms with Crippen LogP contribution in [0.15, 0.2) is 24.3 Å². The van der Waals surface area contributed by atoms with Gasteiger partial charge in [0.15, 0.2) is 6.10 Å². The topological polar surface area (TPSA) is 79.3 Å². The molecule has 0 bridgehead atoms. The van der Waals surface area contributed by atoms with Crippen LogP contribution in [0.2, 0.25) is 0 Å². The average Bonchev–Trinajstić information content (AvgIpc) is 2.87. The van der Waals surface area contributed by atoms with Crippen LogP contribution in [0.3, 0.4) is 0 Å². The van der Waals surface area contributed by atoms with Crippen LogP contribution in [0.4, 0.5) is 4.79 Å². The van der Waals surface area contributed by atoms with Crippen molar-refractivity contribution in [2.24, 2.45) is 0 Å². The third-order valence-corrected chi connectivity index (χ3v) is 4.90. The molecule has 7 nitrogen and oxygen atoms in total. The van der Waals surface area contributed by atoms with Crippen LogP contribution in [0.1, 0.15) is 18.4 Å². The molecule has 2 aliphatic heterocycles. The van der Waals surface area contributed by atoms with Gasteiger partial charge in [0, 0.05) is 33.0 Å². The molecule has 1 aromatic rings. The first-order chi connectivity index (χ1) is 11.9. The van der Waals surface area contributed by atoms with E-state index in [2.05, 4.69) is 0 Å². The quantitative estimate of drug-likeness (QED) is 0.884. The lowest BCUT2D eigenvalue weighted by atomic mass is 9.91. The lowest BCUT2D eigenvalue weighted by molar-refractivity contribution is -0.145. The highest BCUT2D eigenvalue weighted by molar-refractivity contribution is 5.81. The average molecular weight is 348 g/mol. The van der Waals surface area contributed by atoms with Gasteiger partial charge < -0.3 is 24.4 Å². The predicted molar refractivity (Wildman–Crippen MR) is 90.3 cm³/mol. The summed E-state index contributed by atoms with van der Waals surface area (Å²) in [4.78, 5) is 27.2. The molecule has 0 saturated carbocycles. The lowest BCUT2D eigenvalue weighted by Crippen LogP contribution is -2.51. The number of hydrogen-bond donors (Lipinski definition) is 1. The Hall–Kier alpha value is -2.28. The van der Waals surface area contributed by atoms with E-state index in [4.69, 9.17) is 9.47 Å². The highest BCUT2D eigenvalue weighted by Gasteiger charge is 2.46. The minimum atomic E-state index is -1.21. The maximum atomic E-state index is 12.4. The van der Waals surface area contributed by atoms with Crippen molar-refractivity contribution in [2.45, 2.75) is 31.5 Å². The fraction of sp³-hybridized carbons (Fsp3) is 0.556. The van der Waals surface area contributed by atoms with Crippen molar-refractivity contribution in [2.75, 3.05) is 33.3 Å². The van der Waals surface area contributed by atoms with E-state index < -0.39 is 11.7 Å². The summed E-state index contributed by atoms with van der Waals surface area (Å²) in [5.74, 6) is 0.314. The Bertz CT molecular complexity index is 655. The zero-order valence-corrected chi connectivity index (χ0v) is 14.6. The fourth-order valence-corrected chi connectivity index (χ4v) is 3.36. The van der Waals surface area contributed by atoms with Gasteiger partial charge in [0.05, 0.1) is 6.54 Å². The summed E-state index contributed by atoms with van der Waals surface area (Å²) in [6, 6.07) is 7.47. The summed E-state index contributed by atoms with van der Waals surface area (Å²) in [7, 11) is 1.71. The first-order valence-electron chi connectivity index (χ1n) is 8.50. The number of rotatable bonds is 4. The van der Waals surface area contributed by atoms with Gasteiger partial charge in [0.1, 0.15) is 18.0 Å². The highest BCUT2D eigenvalue weighted by atomic mass is 16.6. The molecule has 25 heavy (non-hydrogen) atoms. The van der Waals surface area contributed by atoms with Crippen molar-refractivity contribution < 1.29 is 24.2 Å². The SMILES string of the molecule is Cc1ccccc1OC[C@H](O)C(=O)N1CCC2(CC1)CN(C)C(=O)O2. The highest BCUT2D eigenvalue weighted by Crippen LogP contribution is 2.32. The molecule has 2 fully saturated rings. The number of ether oxygens (including phenoxy) is 2. The van der Waals surface area contributed by atoms with E-state index in [0.29, 0.717) is 38.2 Å². The van der Waals surface area contributed by atoms with Crippen LogP contribution in [0, 0.1) is 6.92 Å². The Morgan fingerprint density at radius 3 is 2.64 bits per heavy atom. The van der Waals surface area contributed by atoms with Gasteiger partial charge in [-0.2, -0.15) is 0 Å². The molecular formula is C18H24N2O5. The summed E-state index contributed by atoms with van der Waals surface area (Å²) < 4.78 is 11.0. The first-order valence-corrected chi connectivity index (χ1v) is 8.50. The molecule has 0 aromatic heterocycles. The Balaban J connectivity index is 1.50. The van der Waals surface area contributed by atoms with Crippen LogP contribution in [0.25, 0.3) is 0 Å². The lowest BCUT2D eigenvalue weighted by Gasteiger charge is -2.38. The zero-order valence-electron chi connectivity index (χ0n) is 14.6. The third-order valence-electron chi connectivity index (χ3n) is 4.90. The smallest absolute Gasteiger partial charge is 0.410 e. The maximum Gasteiger partial charge on any atom is 0.410 e. The second-order valence-electron chi connectivity index (χ2n) is 6.82. The van der Waals surface area contributed by atoms with Crippen LogP contribution < -0.4 is 4.74 Å². The second-order valence-corrected chi connectivity index (χ2v) is 6.82.